The molecule has 360 valence electrons. The molecule has 0 bridgehead atoms. The van der Waals surface area contributed by atoms with Crippen LogP contribution in [-0.4, -0.2) is 50.8 Å². The van der Waals surface area contributed by atoms with Gasteiger partial charge in [-0.15, -0.1) is 20.5 Å². The number of aryl methyl sites for hydroxylation is 2. The van der Waals surface area contributed by atoms with E-state index in [-0.39, 0.29) is 23.7 Å². The van der Waals surface area contributed by atoms with Crippen LogP contribution < -0.4 is 105 Å². The molecule has 1 aliphatic rings. The largest absolute Gasteiger partial charge is 0.493 e. The van der Waals surface area contributed by atoms with Crippen molar-refractivity contribution in [3.05, 3.63) is 108 Å². The summed E-state index contributed by atoms with van der Waals surface area (Å²) < 4.78 is 161. The Kier molecular flexibility index (Phi) is 24.7. The number of ether oxygens (including phenoxy) is 4. The number of nitrogens with two attached hydrogens (primary N) is 2. The lowest BCUT2D eigenvalue weighted by Gasteiger charge is -2.53. The second-order valence-corrected chi connectivity index (χ2v) is 16.0. The zero-order valence-electron chi connectivity index (χ0n) is 34.4. The molecule has 0 amide bonds. The second kappa shape index (κ2) is 27.1. The minimum Gasteiger partial charge on any atom is -0.493 e. The topological polar surface area (TPSA) is 460 Å². The Labute approximate surface area is 375 Å². The Morgan fingerprint density at radius 3 is 0.891 bits per heavy atom. The van der Waals surface area contributed by atoms with Crippen LogP contribution in [0.1, 0.15) is 58.8 Å². The monoisotopic (exact) mass is 996 g/mol. The molecular weight excluding hydrogens is 950 g/mol. The van der Waals surface area contributed by atoms with E-state index < -0.39 is 41.0 Å². The summed E-state index contributed by atoms with van der Waals surface area (Å²) in [5.41, 5.74) is 16.6. The van der Waals surface area contributed by atoms with Crippen molar-refractivity contribution in [3.8, 4) is 23.0 Å². The first-order valence-electron chi connectivity index (χ1n) is 17.9. The number of hydrogen-bond acceptors (Lipinski definition) is 22. The van der Waals surface area contributed by atoms with Gasteiger partial charge in [0.2, 0.25) is 0 Å². The third-order valence-electron chi connectivity index (χ3n) is 8.98. The third kappa shape index (κ3) is 23.5. The van der Waals surface area contributed by atoms with Crippen LogP contribution in [0, 0.1) is 41.0 Å². The van der Waals surface area contributed by atoms with Gasteiger partial charge in [-0.05, 0) is 83.3 Å². The predicted octanol–water partition coefficient (Wildman–Crippen LogP) is -13.3. The Morgan fingerprint density at radius 2 is 0.672 bits per heavy atom. The van der Waals surface area contributed by atoms with Gasteiger partial charge < -0.3 is 30.4 Å². The Morgan fingerprint density at radius 1 is 0.438 bits per heavy atom. The highest BCUT2D eigenvalue weighted by Gasteiger charge is 2.53. The number of halogens is 4. The summed E-state index contributed by atoms with van der Waals surface area (Å²) in [6.07, 6.45) is 10.6. The van der Waals surface area contributed by atoms with Crippen LogP contribution in [0.2, 0.25) is 0 Å². The maximum Gasteiger partial charge on any atom is 0.169 e. The maximum absolute atomic E-state index is 8.60. The first-order chi connectivity index (χ1) is 29.6. The van der Waals surface area contributed by atoms with Gasteiger partial charge in [-0.25, -0.2) is 46.4 Å². The van der Waals surface area contributed by atoms with Crippen molar-refractivity contribution in [1.82, 2.24) is 0 Å². The molecule has 1 fully saturated rings. The standard InChI is InChI=1S/C36H46N4O4.4ClHO4/c1-41-29-9-7-27(23-31(29)43-3)35-33(25-11-19-39(20-12-25)17-5-15-37)36(28-8-10-30(42-2)32(24-28)44-4)34(35)26-13-21-40(22-14-26)18-6-16-38;4*2-1(3,4)5/h7-14,19-24,33-36H,5-6,15-18,37-38H2,1-4H3;4*(H,2,3,4,5)/q+2;;;;/p-2. The summed E-state index contributed by atoms with van der Waals surface area (Å²) in [5, 5.41) is 0. The smallest absolute Gasteiger partial charge is 0.169 e. The quantitative estimate of drug-likeness (QED) is 0.0852. The molecule has 0 atom stereocenters. The van der Waals surface area contributed by atoms with Crippen LogP contribution in [0.3, 0.4) is 0 Å². The molecule has 6 N–H and O–H groups in total. The average molecular weight is 999 g/mol. The number of nitrogens with zero attached hydrogens (tertiary/aromatic N) is 2. The summed E-state index contributed by atoms with van der Waals surface area (Å²) in [7, 11) is -12.5. The highest BCUT2D eigenvalue weighted by Crippen LogP contribution is 2.67. The van der Waals surface area contributed by atoms with Gasteiger partial charge in [0, 0.05) is 37.1 Å². The van der Waals surface area contributed by atoms with E-state index in [2.05, 4.69) is 82.5 Å². The van der Waals surface area contributed by atoms with E-state index in [0.717, 1.165) is 48.9 Å². The Hall–Kier alpha value is -3.62. The lowest BCUT2D eigenvalue weighted by atomic mass is 9.49. The fraction of sp³-hybridized carbons (Fsp3) is 0.389. The molecule has 0 aliphatic heterocycles. The van der Waals surface area contributed by atoms with Crippen molar-refractivity contribution in [2.24, 2.45) is 11.5 Å². The molecule has 2 aromatic carbocycles. The first-order valence-corrected chi connectivity index (χ1v) is 22.9. The van der Waals surface area contributed by atoms with E-state index in [0.29, 0.717) is 13.1 Å². The van der Waals surface area contributed by atoms with Crippen molar-refractivity contribution < 1.29 is 144 Å². The number of pyridine rings is 2. The molecule has 0 saturated heterocycles. The highest BCUT2D eigenvalue weighted by molar-refractivity contribution is 5.53. The van der Waals surface area contributed by atoms with Gasteiger partial charge in [0.25, 0.3) is 0 Å². The van der Waals surface area contributed by atoms with Crippen LogP contribution in [0.5, 0.6) is 23.0 Å². The van der Waals surface area contributed by atoms with Crippen LogP contribution in [-0.2, 0) is 13.1 Å². The number of hydrogen-bond donors (Lipinski definition) is 4. The van der Waals surface area contributed by atoms with Gasteiger partial charge in [0.15, 0.2) is 47.8 Å². The molecule has 4 aromatic rings. The molecule has 2 heterocycles. The first kappa shape index (κ1) is 58.4. The maximum atomic E-state index is 8.60. The SMILES string of the molecule is COc1ccc(C2C(c3cc[n+](CCCN)cc3)C(c3ccc(OC)c(OC)c3)C2c2cc[n+](CCCN)cc2)cc1OC.[O-][Cl+3]([O-])([O-])O.[O-][Cl+3]([O-])([O-])O.[O-][Cl+3]([O-])([O-])[O-].[O-][Cl+3]([O-])([O-])[O-]. The van der Waals surface area contributed by atoms with E-state index in [4.69, 9.17) is 105 Å². The van der Waals surface area contributed by atoms with E-state index in [1.165, 1.54) is 22.3 Å². The predicted molar refractivity (Wildman–Crippen MR) is 175 cm³/mol. The molecule has 2 aromatic heterocycles. The molecule has 1 aliphatic carbocycles. The third-order valence-corrected chi connectivity index (χ3v) is 8.98. The van der Waals surface area contributed by atoms with Crippen molar-refractivity contribution >= 4 is 0 Å². The lowest BCUT2D eigenvalue weighted by Crippen LogP contribution is -2.68. The van der Waals surface area contributed by atoms with Crippen molar-refractivity contribution in [1.29, 1.82) is 0 Å². The minimum absolute atomic E-state index is 0.188. The van der Waals surface area contributed by atoms with Crippen LogP contribution >= 0.6 is 0 Å². The lowest BCUT2D eigenvalue weighted by molar-refractivity contribution is -2.00. The number of aromatic nitrogens is 2. The molecule has 1 saturated carbocycles. The van der Waals surface area contributed by atoms with Crippen molar-refractivity contribution in [3.63, 3.8) is 0 Å². The minimum atomic E-state index is -4.94. The molecule has 5 rings (SSSR count). The zero-order valence-corrected chi connectivity index (χ0v) is 37.5. The molecule has 0 unspecified atom stereocenters. The van der Waals surface area contributed by atoms with Gasteiger partial charge in [-0.1, -0.05) is 12.1 Å². The van der Waals surface area contributed by atoms with Gasteiger partial charge in [0.05, 0.1) is 58.2 Å². The fourth-order valence-corrected chi connectivity index (χ4v) is 6.76. The molecule has 64 heavy (non-hydrogen) atoms. The van der Waals surface area contributed by atoms with Gasteiger partial charge >= 0.3 is 0 Å². The van der Waals surface area contributed by atoms with Gasteiger partial charge in [-0.2, -0.15) is 28.0 Å². The van der Waals surface area contributed by atoms with Crippen LogP contribution in [0.15, 0.2) is 85.5 Å². The summed E-state index contributed by atoms with van der Waals surface area (Å²) in [5.74, 6) is 3.69. The molecule has 0 radical (unpaired) electrons. The average Bonchev–Trinajstić information content (AvgIpc) is 3.17. The number of benzene rings is 2. The summed E-state index contributed by atoms with van der Waals surface area (Å²) >= 11 is 0. The second-order valence-electron chi connectivity index (χ2n) is 12.9. The fourth-order valence-electron chi connectivity index (χ4n) is 6.76. The summed E-state index contributed by atoms with van der Waals surface area (Å²) in [6.45, 7) is 3.14. The number of methoxy groups -OCH3 is 4. The van der Waals surface area contributed by atoms with E-state index in [9.17, 15) is 0 Å². The number of rotatable bonds is 14. The molecule has 24 nitrogen and oxygen atoms in total. The Balaban J connectivity index is 0.000000855. The summed E-state index contributed by atoms with van der Waals surface area (Å²) in [4.78, 5) is 0. The highest BCUT2D eigenvalue weighted by atomic mass is 35.7. The Bertz CT molecular complexity index is 1740. The van der Waals surface area contributed by atoms with Gasteiger partial charge in [0.1, 0.15) is 13.1 Å². The van der Waals surface area contributed by atoms with Crippen molar-refractivity contribution in [2.45, 2.75) is 49.6 Å². The molecule has 28 heteroatoms. The molecule has 0 spiro atoms. The van der Waals surface area contributed by atoms with Crippen molar-refractivity contribution in [2.75, 3.05) is 41.5 Å². The molecular formula is C36H48Cl4N4O20. The van der Waals surface area contributed by atoms with E-state index in [1.807, 2.05) is 12.1 Å². The van der Waals surface area contributed by atoms with Crippen LogP contribution in [0.25, 0.3) is 0 Å². The zero-order chi connectivity index (χ0) is 49.1. The van der Waals surface area contributed by atoms with Gasteiger partial charge in [-0.3, -0.25) is 0 Å². The van der Waals surface area contributed by atoms with Crippen LogP contribution in [0.4, 0.5) is 0 Å². The normalized spacial score (nSPS) is 17.0. The van der Waals surface area contributed by atoms with E-state index in [1.54, 1.807) is 28.4 Å². The van der Waals surface area contributed by atoms with E-state index >= 15 is 0 Å². The summed E-state index contributed by atoms with van der Waals surface area (Å²) in [6, 6.07) is 21.8.